The van der Waals surface area contributed by atoms with E-state index in [0.717, 1.165) is 19.6 Å². The van der Waals surface area contributed by atoms with Crippen LogP contribution in [0.1, 0.15) is 37.4 Å². The summed E-state index contributed by atoms with van der Waals surface area (Å²) in [4.78, 5) is 30.2. The average Bonchev–Trinajstić information content (AvgIpc) is 3.14. The molecule has 7 heteroatoms. The van der Waals surface area contributed by atoms with E-state index in [4.69, 9.17) is 9.47 Å². The first-order valence-corrected chi connectivity index (χ1v) is 11.9. The number of rotatable bonds is 12. The molecule has 3 rings (SSSR count). The Kier molecular flexibility index (Phi) is 9.09. The molecule has 1 fully saturated rings. The monoisotopic (exact) mass is 478 g/mol. The quantitative estimate of drug-likeness (QED) is 0.211. The lowest BCUT2D eigenvalue weighted by molar-refractivity contribution is -0.140. The summed E-state index contributed by atoms with van der Waals surface area (Å²) in [5.74, 6) is -0.284. The Morgan fingerprint density at radius 3 is 2.46 bits per heavy atom. The molecule has 1 atom stereocenters. The van der Waals surface area contributed by atoms with E-state index in [1.807, 2.05) is 18.2 Å². The van der Waals surface area contributed by atoms with Crippen LogP contribution in [0.5, 0.6) is 11.5 Å². The molecule has 1 aliphatic rings. The third-order valence-corrected chi connectivity index (χ3v) is 6.21. The van der Waals surface area contributed by atoms with Gasteiger partial charge in [0.25, 0.3) is 11.7 Å². The van der Waals surface area contributed by atoms with Crippen LogP contribution in [0.4, 0.5) is 0 Å². The van der Waals surface area contributed by atoms with E-state index in [1.54, 1.807) is 48.4 Å². The minimum atomic E-state index is -0.721. The molecular weight excluding hydrogens is 444 g/mol. The molecule has 0 bridgehead atoms. The number of hydrogen-bond donors (Lipinski definition) is 1. The molecule has 1 N–H and O–H groups in total. The summed E-state index contributed by atoms with van der Waals surface area (Å²) in [6, 6.07) is 13.3. The van der Waals surface area contributed by atoms with Crippen LogP contribution in [0.15, 0.2) is 66.8 Å². The van der Waals surface area contributed by atoms with Crippen LogP contribution in [0.3, 0.4) is 0 Å². The lowest BCUT2D eigenvalue weighted by Gasteiger charge is -2.27. The van der Waals surface area contributed by atoms with E-state index in [-0.39, 0.29) is 11.3 Å². The number of likely N-dealkylation sites (tertiary alicyclic amines) is 1. The second-order valence-electron chi connectivity index (χ2n) is 8.27. The maximum atomic E-state index is 13.2. The second kappa shape index (κ2) is 12.2. The van der Waals surface area contributed by atoms with Gasteiger partial charge in [0.2, 0.25) is 0 Å². The van der Waals surface area contributed by atoms with Crippen molar-refractivity contribution in [2.45, 2.75) is 26.3 Å². The average molecular weight is 479 g/mol. The van der Waals surface area contributed by atoms with Gasteiger partial charge in [0, 0.05) is 12.1 Å². The normalized spacial score (nSPS) is 17.1. The first-order chi connectivity index (χ1) is 16.9. The molecule has 0 aliphatic carbocycles. The third kappa shape index (κ3) is 5.92. The van der Waals surface area contributed by atoms with Gasteiger partial charge in [-0.2, -0.15) is 0 Å². The lowest BCUT2D eigenvalue weighted by atomic mass is 9.95. The highest BCUT2D eigenvalue weighted by Crippen LogP contribution is 2.40. The number of ether oxygens (including phenoxy) is 2. The third-order valence-electron chi connectivity index (χ3n) is 6.21. The zero-order valence-electron chi connectivity index (χ0n) is 20.7. The highest BCUT2D eigenvalue weighted by molar-refractivity contribution is 6.46. The fourth-order valence-corrected chi connectivity index (χ4v) is 4.30. The maximum absolute atomic E-state index is 13.2. The number of benzene rings is 2. The van der Waals surface area contributed by atoms with Gasteiger partial charge in [-0.15, -0.1) is 0 Å². The summed E-state index contributed by atoms with van der Waals surface area (Å²) in [6.07, 6.45) is 2.36. The Labute approximate surface area is 207 Å². The van der Waals surface area contributed by atoms with Gasteiger partial charge in [-0.1, -0.05) is 38.6 Å². The molecule has 35 heavy (non-hydrogen) atoms. The second-order valence-corrected chi connectivity index (χ2v) is 8.27. The number of ketones is 1. The highest BCUT2D eigenvalue weighted by Gasteiger charge is 2.45. The van der Waals surface area contributed by atoms with Crippen molar-refractivity contribution >= 4 is 17.4 Å². The van der Waals surface area contributed by atoms with Crippen LogP contribution in [0.25, 0.3) is 5.76 Å². The van der Waals surface area contributed by atoms with Crippen LogP contribution in [0.2, 0.25) is 0 Å². The zero-order valence-corrected chi connectivity index (χ0v) is 20.7. The molecule has 7 nitrogen and oxygen atoms in total. The van der Waals surface area contributed by atoms with Gasteiger partial charge in [-0.05, 0) is 68.0 Å². The summed E-state index contributed by atoms with van der Waals surface area (Å²) >= 11 is 0. The molecule has 1 aliphatic heterocycles. The first-order valence-electron chi connectivity index (χ1n) is 11.9. The Morgan fingerprint density at radius 2 is 1.83 bits per heavy atom. The van der Waals surface area contributed by atoms with Crippen molar-refractivity contribution in [3.63, 3.8) is 0 Å². The van der Waals surface area contributed by atoms with Crippen LogP contribution in [0, 0.1) is 0 Å². The van der Waals surface area contributed by atoms with Crippen LogP contribution < -0.4 is 9.47 Å². The fourth-order valence-electron chi connectivity index (χ4n) is 4.30. The SMILES string of the molecule is C=CCOc1cccc([C@@H]2/C(=C(\O)c3ccc(OC)cc3)C(=O)C(=O)N2CCCN(CC)CC)c1. The predicted octanol–water partition coefficient (Wildman–Crippen LogP) is 4.41. The molecule has 0 unspecified atom stereocenters. The highest BCUT2D eigenvalue weighted by atomic mass is 16.5. The van der Waals surface area contributed by atoms with Crippen molar-refractivity contribution in [3.8, 4) is 11.5 Å². The largest absolute Gasteiger partial charge is 0.507 e. The molecule has 1 amide bonds. The van der Waals surface area contributed by atoms with Crippen molar-refractivity contribution in [1.82, 2.24) is 9.80 Å². The van der Waals surface area contributed by atoms with E-state index in [1.165, 1.54) is 0 Å². The molecule has 1 saturated heterocycles. The molecule has 0 radical (unpaired) electrons. The fraction of sp³-hybridized carbons (Fsp3) is 0.357. The minimum absolute atomic E-state index is 0.0730. The van der Waals surface area contributed by atoms with Gasteiger partial charge in [0.1, 0.15) is 23.9 Å². The number of amides is 1. The molecule has 2 aromatic rings. The van der Waals surface area contributed by atoms with Crippen molar-refractivity contribution in [2.75, 3.05) is 39.9 Å². The van der Waals surface area contributed by atoms with Crippen molar-refractivity contribution in [2.24, 2.45) is 0 Å². The number of carbonyl (C=O) groups excluding carboxylic acids is 2. The van der Waals surface area contributed by atoms with Crippen LogP contribution in [-0.4, -0.2) is 66.5 Å². The molecule has 2 aromatic carbocycles. The number of hydrogen-bond acceptors (Lipinski definition) is 6. The number of aliphatic hydroxyl groups is 1. The Balaban J connectivity index is 2.04. The van der Waals surface area contributed by atoms with Crippen molar-refractivity contribution in [3.05, 3.63) is 77.9 Å². The molecular formula is C28H34N2O5. The van der Waals surface area contributed by atoms with Gasteiger partial charge in [0.05, 0.1) is 18.7 Å². The van der Waals surface area contributed by atoms with Gasteiger partial charge < -0.3 is 24.4 Å². The zero-order chi connectivity index (χ0) is 25.4. The van der Waals surface area contributed by atoms with Gasteiger partial charge in [-0.25, -0.2) is 0 Å². The maximum Gasteiger partial charge on any atom is 0.295 e. The van der Waals surface area contributed by atoms with Crippen molar-refractivity contribution < 1.29 is 24.2 Å². The van der Waals surface area contributed by atoms with Crippen LogP contribution in [-0.2, 0) is 9.59 Å². The number of nitrogens with zero attached hydrogens (tertiary/aromatic N) is 2. The van der Waals surface area contributed by atoms with Crippen LogP contribution >= 0.6 is 0 Å². The van der Waals surface area contributed by atoms with E-state index in [9.17, 15) is 14.7 Å². The predicted molar refractivity (Wildman–Crippen MR) is 137 cm³/mol. The topological polar surface area (TPSA) is 79.3 Å². The summed E-state index contributed by atoms with van der Waals surface area (Å²) in [6.45, 7) is 11.2. The molecule has 0 spiro atoms. The molecule has 1 heterocycles. The standard InChI is InChI=1S/C28H34N2O5/c1-5-18-35-23-11-8-10-21(19-23)25-24(26(31)20-12-14-22(34-4)15-13-20)27(32)28(33)30(25)17-9-16-29(6-2)7-3/h5,8,10-15,19,25,31H,1,6-7,9,16-18H2,2-4H3/b26-24+/t25-/m1/s1. The number of carbonyl (C=O) groups is 2. The minimum Gasteiger partial charge on any atom is -0.507 e. The lowest BCUT2D eigenvalue weighted by Crippen LogP contribution is -2.33. The Hall–Kier alpha value is -3.58. The molecule has 186 valence electrons. The Bertz CT molecular complexity index is 1070. The van der Waals surface area contributed by atoms with E-state index >= 15 is 0 Å². The molecule has 0 saturated carbocycles. The first kappa shape index (κ1) is 26.0. The summed E-state index contributed by atoms with van der Waals surface area (Å²) in [7, 11) is 1.56. The summed E-state index contributed by atoms with van der Waals surface area (Å²) < 4.78 is 10.9. The number of Topliss-reactive ketones (excluding diaryl/α,β-unsaturated/α-hetero) is 1. The van der Waals surface area contributed by atoms with Crippen molar-refractivity contribution in [1.29, 1.82) is 0 Å². The summed E-state index contributed by atoms with van der Waals surface area (Å²) in [5.41, 5.74) is 1.21. The summed E-state index contributed by atoms with van der Waals surface area (Å²) in [5, 5.41) is 11.2. The van der Waals surface area contributed by atoms with E-state index < -0.39 is 17.7 Å². The van der Waals surface area contributed by atoms with Gasteiger partial charge >= 0.3 is 0 Å². The number of methoxy groups -OCH3 is 1. The van der Waals surface area contributed by atoms with E-state index in [0.29, 0.717) is 42.2 Å². The smallest absolute Gasteiger partial charge is 0.295 e. The van der Waals surface area contributed by atoms with Gasteiger partial charge in [-0.3, -0.25) is 9.59 Å². The van der Waals surface area contributed by atoms with E-state index in [2.05, 4.69) is 25.3 Å². The van der Waals surface area contributed by atoms with Gasteiger partial charge in [0.15, 0.2) is 0 Å². The Morgan fingerprint density at radius 1 is 1.11 bits per heavy atom. The number of aliphatic hydroxyl groups excluding tert-OH is 1. The molecule has 0 aromatic heterocycles.